The van der Waals surface area contributed by atoms with Crippen LogP contribution >= 0.6 is 0 Å². The van der Waals surface area contributed by atoms with Crippen molar-refractivity contribution in [3.8, 4) is 0 Å². The molecule has 0 aromatic carbocycles. The molecule has 0 radical (unpaired) electrons. The van der Waals surface area contributed by atoms with Gasteiger partial charge in [0.25, 0.3) is 0 Å². The standard InChI is InChI=1S/C13H25N5O3/c1-7(2)18(8(3)4)13(21)17-5-9(11(19)20)10(6-17)16-12(14)15/h7-10H,5-6H2,1-4H3,(H,19,20)(H4,14,15,16)/t9-,10+/m0/s1. The molecular weight excluding hydrogens is 274 g/mol. The van der Waals surface area contributed by atoms with Gasteiger partial charge in [-0.15, -0.1) is 0 Å². The quantitative estimate of drug-likeness (QED) is 0.493. The Morgan fingerprint density at radius 2 is 1.71 bits per heavy atom. The van der Waals surface area contributed by atoms with Gasteiger partial charge in [0.1, 0.15) is 0 Å². The second-order valence-electron chi connectivity index (χ2n) is 5.85. The maximum absolute atomic E-state index is 12.6. The summed E-state index contributed by atoms with van der Waals surface area (Å²) < 4.78 is 0. The third-order valence-electron chi connectivity index (χ3n) is 3.53. The molecule has 21 heavy (non-hydrogen) atoms. The summed E-state index contributed by atoms with van der Waals surface area (Å²) in [7, 11) is 0. The Morgan fingerprint density at radius 3 is 2.10 bits per heavy atom. The molecule has 1 heterocycles. The Hall–Kier alpha value is -1.99. The van der Waals surface area contributed by atoms with Gasteiger partial charge in [0, 0.05) is 25.2 Å². The molecule has 0 aromatic rings. The molecule has 120 valence electrons. The van der Waals surface area contributed by atoms with Crippen LogP contribution in [-0.2, 0) is 4.79 Å². The Bertz CT molecular complexity index is 424. The van der Waals surface area contributed by atoms with Crippen LogP contribution in [0.5, 0.6) is 0 Å². The number of hydrogen-bond acceptors (Lipinski definition) is 3. The molecule has 0 saturated carbocycles. The number of aliphatic imine (C=N–C) groups is 1. The van der Waals surface area contributed by atoms with Crippen molar-refractivity contribution in [2.75, 3.05) is 13.1 Å². The van der Waals surface area contributed by atoms with Crippen molar-refractivity contribution in [1.82, 2.24) is 9.80 Å². The van der Waals surface area contributed by atoms with Crippen LogP contribution in [0.2, 0.25) is 0 Å². The highest BCUT2D eigenvalue weighted by Gasteiger charge is 2.41. The lowest BCUT2D eigenvalue weighted by atomic mass is 10.1. The number of nitrogens with zero attached hydrogens (tertiary/aromatic N) is 3. The molecule has 5 N–H and O–H groups in total. The van der Waals surface area contributed by atoms with Crippen LogP contribution in [0.25, 0.3) is 0 Å². The first kappa shape index (κ1) is 17.1. The van der Waals surface area contributed by atoms with Crippen molar-refractivity contribution in [3.05, 3.63) is 0 Å². The number of amides is 2. The van der Waals surface area contributed by atoms with Crippen LogP contribution in [-0.4, -0.2) is 64.1 Å². The van der Waals surface area contributed by atoms with Crippen LogP contribution in [0.4, 0.5) is 4.79 Å². The third-order valence-corrected chi connectivity index (χ3v) is 3.53. The predicted octanol–water partition coefficient (Wildman–Crippen LogP) is -0.116. The minimum atomic E-state index is -0.999. The van der Waals surface area contributed by atoms with Crippen LogP contribution in [0.3, 0.4) is 0 Å². The molecule has 0 aromatic heterocycles. The first-order valence-corrected chi connectivity index (χ1v) is 7.03. The number of guanidine groups is 1. The summed E-state index contributed by atoms with van der Waals surface area (Å²) in [5.41, 5.74) is 10.7. The fourth-order valence-corrected chi connectivity index (χ4v) is 2.71. The first-order valence-electron chi connectivity index (χ1n) is 7.03. The van der Waals surface area contributed by atoms with Gasteiger partial charge >= 0.3 is 12.0 Å². The normalized spacial score (nSPS) is 21.7. The number of likely N-dealkylation sites (tertiary alicyclic amines) is 1. The highest BCUT2D eigenvalue weighted by Crippen LogP contribution is 2.23. The van der Waals surface area contributed by atoms with Gasteiger partial charge in [0.2, 0.25) is 0 Å². The summed E-state index contributed by atoms with van der Waals surface area (Å²) in [6.45, 7) is 8.04. The largest absolute Gasteiger partial charge is 0.481 e. The second-order valence-corrected chi connectivity index (χ2v) is 5.85. The zero-order valence-corrected chi connectivity index (χ0v) is 13.0. The number of rotatable bonds is 4. The third kappa shape index (κ3) is 3.99. The SMILES string of the molecule is CC(C)N(C(=O)N1C[C@H](C(=O)O)[C@H](N=C(N)N)C1)C(C)C. The molecule has 1 aliphatic heterocycles. The van der Waals surface area contributed by atoms with E-state index in [0.29, 0.717) is 0 Å². The summed E-state index contributed by atoms with van der Waals surface area (Å²) >= 11 is 0. The van der Waals surface area contributed by atoms with Gasteiger partial charge in [-0.25, -0.2) is 9.79 Å². The van der Waals surface area contributed by atoms with Gasteiger partial charge in [-0.05, 0) is 27.7 Å². The van der Waals surface area contributed by atoms with E-state index in [1.54, 1.807) is 4.90 Å². The van der Waals surface area contributed by atoms with Gasteiger partial charge in [-0.1, -0.05) is 0 Å². The lowest BCUT2D eigenvalue weighted by molar-refractivity contribution is -0.141. The molecule has 1 rings (SSSR count). The van der Waals surface area contributed by atoms with Crippen molar-refractivity contribution in [2.24, 2.45) is 22.4 Å². The number of carboxylic acids is 1. The average Bonchev–Trinajstić information content (AvgIpc) is 2.70. The molecular formula is C13H25N5O3. The Balaban J connectivity index is 2.93. The van der Waals surface area contributed by atoms with Crippen molar-refractivity contribution in [1.29, 1.82) is 0 Å². The lowest BCUT2D eigenvalue weighted by Gasteiger charge is -2.34. The molecule has 1 aliphatic rings. The molecule has 1 saturated heterocycles. The number of hydrogen-bond donors (Lipinski definition) is 3. The molecule has 0 bridgehead atoms. The molecule has 1 fully saturated rings. The number of carbonyl (C=O) groups excluding carboxylic acids is 1. The van der Waals surface area contributed by atoms with Crippen molar-refractivity contribution in [2.45, 2.75) is 45.8 Å². The fourth-order valence-electron chi connectivity index (χ4n) is 2.71. The minimum absolute atomic E-state index is 0.0305. The van der Waals surface area contributed by atoms with Crippen molar-refractivity contribution < 1.29 is 14.7 Å². The van der Waals surface area contributed by atoms with Gasteiger partial charge < -0.3 is 26.4 Å². The van der Waals surface area contributed by atoms with E-state index < -0.39 is 17.9 Å². The topological polar surface area (TPSA) is 125 Å². The Labute approximate surface area is 124 Å². The fraction of sp³-hybridized carbons (Fsp3) is 0.769. The van der Waals surface area contributed by atoms with Gasteiger partial charge in [0.05, 0.1) is 12.0 Å². The molecule has 8 heteroatoms. The maximum atomic E-state index is 12.6. The van der Waals surface area contributed by atoms with Crippen molar-refractivity contribution in [3.63, 3.8) is 0 Å². The number of urea groups is 1. The number of carboxylic acid groups (broad SMARTS) is 1. The van der Waals surface area contributed by atoms with Crippen molar-refractivity contribution >= 4 is 18.0 Å². The monoisotopic (exact) mass is 299 g/mol. The molecule has 0 unspecified atom stereocenters. The zero-order chi connectivity index (χ0) is 16.3. The molecule has 8 nitrogen and oxygen atoms in total. The smallest absolute Gasteiger partial charge is 0.320 e. The first-order chi connectivity index (χ1) is 9.65. The van der Waals surface area contributed by atoms with Gasteiger partial charge in [-0.3, -0.25) is 4.79 Å². The summed E-state index contributed by atoms with van der Waals surface area (Å²) in [5.74, 6) is -1.94. The summed E-state index contributed by atoms with van der Waals surface area (Å²) in [5, 5.41) is 9.25. The molecule has 2 amide bonds. The van der Waals surface area contributed by atoms with Gasteiger partial charge in [0.15, 0.2) is 5.96 Å². The zero-order valence-electron chi connectivity index (χ0n) is 13.0. The van der Waals surface area contributed by atoms with Crippen LogP contribution < -0.4 is 11.5 Å². The van der Waals surface area contributed by atoms with Gasteiger partial charge in [-0.2, -0.15) is 0 Å². The molecule has 2 atom stereocenters. The number of nitrogens with two attached hydrogens (primary N) is 2. The number of aliphatic carboxylic acids is 1. The van der Waals surface area contributed by atoms with E-state index >= 15 is 0 Å². The summed E-state index contributed by atoms with van der Waals surface area (Å²) in [4.78, 5) is 31.0. The Kier molecular flexibility index (Phi) is 5.40. The average molecular weight is 299 g/mol. The summed E-state index contributed by atoms with van der Waals surface area (Å²) in [6, 6.07) is -0.719. The van der Waals surface area contributed by atoms with Crippen LogP contribution in [0, 0.1) is 5.92 Å². The second kappa shape index (κ2) is 6.64. The predicted molar refractivity (Wildman–Crippen MR) is 79.8 cm³/mol. The number of carbonyl (C=O) groups is 2. The van der Waals surface area contributed by atoms with E-state index in [4.69, 9.17) is 11.5 Å². The highest BCUT2D eigenvalue weighted by molar-refractivity contribution is 5.80. The molecule has 0 aliphatic carbocycles. The minimum Gasteiger partial charge on any atom is -0.481 e. The van der Waals surface area contributed by atoms with E-state index in [1.807, 2.05) is 27.7 Å². The van der Waals surface area contributed by atoms with E-state index in [1.165, 1.54) is 4.90 Å². The molecule has 0 spiro atoms. The van der Waals surface area contributed by atoms with E-state index in [0.717, 1.165) is 0 Å². The van der Waals surface area contributed by atoms with E-state index in [9.17, 15) is 14.7 Å². The lowest BCUT2D eigenvalue weighted by Crippen LogP contribution is -2.49. The van der Waals surface area contributed by atoms with Crippen LogP contribution in [0.1, 0.15) is 27.7 Å². The van der Waals surface area contributed by atoms with E-state index in [2.05, 4.69) is 4.99 Å². The maximum Gasteiger partial charge on any atom is 0.320 e. The highest BCUT2D eigenvalue weighted by atomic mass is 16.4. The summed E-state index contributed by atoms with van der Waals surface area (Å²) in [6.07, 6.45) is 0. The van der Waals surface area contributed by atoms with E-state index in [-0.39, 0.29) is 37.2 Å². The Morgan fingerprint density at radius 1 is 1.19 bits per heavy atom. The van der Waals surface area contributed by atoms with Crippen LogP contribution in [0.15, 0.2) is 4.99 Å².